The van der Waals surface area contributed by atoms with Crippen molar-refractivity contribution in [2.75, 3.05) is 13.2 Å². The molecule has 0 heterocycles. The molecule has 16 heavy (non-hydrogen) atoms. The number of carbonyl (C=O) groups excluding carboxylic acids is 1. The van der Waals surface area contributed by atoms with Gasteiger partial charge in [0.2, 0.25) is 0 Å². The van der Waals surface area contributed by atoms with Gasteiger partial charge < -0.3 is 10.5 Å². The Kier molecular flexibility index (Phi) is 4.78. The van der Waals surface area contributed by atoms with Gasteiger partial charge in [-0.25, -0.2) is 0 Å². The maximum absolute atomic E-state index is 11.8. The van der Waals surface area contributed by atoms with Crippen LogP contribution in [0.25, 0.3) is 0 Å². The SMILES string of the molecule is CC(C)(C)CCOC(=O)C1CCCC1CN. The van der Waals surface area contributed by atoms with Crippen LogP contribution in [0.2, 0.25) is 0 Å². The molecule has 3 heteroatoms. The summed E-state index contributed by atoms with van der Waals surface area (Å²) in [4.78, 5) is 11.8. The van der Waals surface area contributed by atoms with E-state index in [0.717, 1.165) is 25.7 Å². The van der Waals surface area contributed by atoms with Gasteiger partial charge in [0.1, 0.15) is 0 Å². The van der Waals surface area contributed by atoms with Crippen molar-refractivity contribution in [1.82, 2.24) is 0 Å². The molecule has 1 saturated carbocycles. The molecule has 2 N–H and O–H groups in total. The van der Waals surface area contributed by atoms with Crippen LogP contribution in [0.3, 0.4) is 0 Å². The Morgan fingerprint density at radius 2 is 2.06 bits per heavy atom. The largest absolute Gasteiger partial charge is 0.465 e. The van der Waals surface area contributed by atoms with Crippen molar-refractivity contribution in [3.8, 4) is 0 Å². The maximum Gasteiger partial charge on any atom is 0.309 e. The average molecular weight is 227 g/mol. The van der Waals surface area contributed by atoms with E-state index in [2.05, 4.69) is 20.8 Å². The molecule has 0 aromatic heterocycles. The minimum atomic E-state index is -0.0304. The molecular weight excluding hydrogens is 202 g/mol. The van der Waals surface area contributed by atoms with Gasteiger partial charge in [-0.05, 0) is 37.1 Å². The van der Waals surface area contributed by atoms with Gasteiger partial charge in [0.05, 0.1) is 12.5 Å². The number of ether oxygens (including phenoxy) is 1. The van der Waals surface area contributed by atoms with Crippen molar-refractivity contribution in [3.05, 3.63) is 0 Å². The quantitative estimate of drug-likeness (QED) is 0.750. The van der Waals surface area contributed by atoms with Gasteiger partial charge in [-0.15, -0.1) is 0 Å². The molecule has 0 bridgehead atoms. The van der Waals surface area contributed by atoms with Crippen LogP contribution in [0.1, 0.15) is 46.5 Å². The maximum atomic E-state index is 11.8. The molecule has 0 spiro atoms. The Bertz CT molecular complexity index is 233. The van der Waals surface area contributed by atoms with Crippen molar-refractivity contribution in [2.45, 2.75) is 46.5 Å². The summed E-state index contributed by atoms with van der Waals surface area (Å²) >= 11 is 0. The van der Waals surface area contributed by atoms with E-state index in [0.29, 0.717) is 19.1 Å². The van der Waals surface area contributed by atoms with Crippen LogP contribution < -0.4 is 5.73 Å². The highest BCUT2D eigenvalue weighted by molar-refractivity contribution is 5.73. The molecule has 1 aliphatic rings. The van der Waals surface area contributed by atoms with Gasteiger partial charge in [-0.2, -0.15) is 0 Å². The van der Waals surface area contributed by atoms with Crippen molar-refractivity contribution >= 4 is 5.97 Å². The lowest BCUT2D eigenvalue weighted by atomic mass is 9.93. The van der Waals surface area contributed by atoms with Gasteiger partial charge in [-0.1, -0.05) is 27.2 Å². The fraction of sp³-hybridized carbons (Fsp3) is 0.923. The predicted molar refractivity (Wildman–Crippen MR) is 64.9 cm³/mol. The van der Waals surface area contributed by atoms with E-state index in [1.54, 1.807) is 0 Å². The standard InChI is InChI=1S/C13H25NO2/c1-13(2,3)7-8-16-12(15)11-6-4-5-10(11)9-14/h10-11H,4-9,14H2,1-3H3. The Balaban J connectivity index is 2.29. The average Bonchev–Trinajstić information content (AvgIpc) is 2.63. The first-order valence-electron chi connectivity index (χ1n) is 6.31. The molecule has 0 aromatic carbocycles. The number of rotatable bonds is 4. The van der Waals surface area contributed by atoms with Crippen molar-refractivity contribution in [3.63, 3.8) is 0 Å². The van der Waals surface area contributed by atoms with Gasteiger partial charge in [0, 0.05) is 0 Å². The van der Waals surface area contributed by atoms with Crippen LogP contribution in [0, 0.1) is 17.3 Å². The summed E-state index contributed by atoms with van der Waals surface area (Å²) in [6.45, 7) is 7.60. The van der Waals surface area contributed by atoms with E-state index in [-0.39, 0.29) is 17.3 Å². The summed E-state index contributed by atoms with van der Waals surface area (Å²) < 4.78 is 5.34. The Labute approximate surface area is 98.7 Å². The van der Waals surface area contributed by atoms with Gasteiger partial charge in [-0.3, -0.25) is 4.79 Å². The van der Waals surface area contributed by atoms with Gasteiger partial charge in [0.15, 0.2) is 0 Å². The smallest absolute Gasteiger partial charge is 0.309 e. The second-order valence-electron chi connectivity index (χ2n) is 6.01. The third-order valence-electron chi connectivity index (χ3n) is 3.36. The molecular formula is C13H25NO2. The number of hydrogen-bond acceptors (Lipinski definition) is 3. The third kappa shape index (κ3) is 4.12. The zero-order valence-corrected chi connectivity index (χ0v) is 10.8. The summed E-state index contributed by atoms with van der Waals surface area (Å²) in [6.07, 6.45) is 4.06. The fourth-order valence-electron chi connectivity index (χ4n) is 2.19. The highest BCUT2D eigenvalue weighted by Gasteiger charge is 2.33. The summed E-state index contributed by atoms with van der Waals surface area (Å²) in [6, 6.07) is 0. The number of hydrogen-bond donors (Lipinski definition) is 1. The highest BCUT2D eigenvalue weighted by Crippen LogP contribution is 2.32. The zero-order chi connectivity index (χ0) is 12.2. The number of esters is 1. The first-order chi connectivity index (χ1) is 7.44. The normalized spacial score (nSPS) is 25.8. The molecule has 94 valence electrons. The molecule has 0 aliphatic heterocycles. The third-order valence-corrected chi connectivity index (χ3v) is 3.36. The van der Waals surface area contributed by atoms with Gasteiger partial charge in [0.25, 0.3) is 0 Å². The summed E-state index contributed by atoms with van der Waals surface area (Å²) in [5, 5.41) is 0. The predicted octanol–water partition coefficient (Wildman–Crippen LogP) is 2.34. The van der Waals surface area contributed by atoms with Crippen LogP contribution in [0.4, 0.5) is 0 Å². The molecule has 2 atom stereocenters. The Hall–Kier alpha value is -0.570. The minimum absolute atomic E-state index is 0.0304. The van der Waals surface area contributed by atoms with E-state index >= 15 is 0 Å². The first kappa shape index (κ1) is 13.5. The lowest BCUT2D eigenvalue weighted by molar-refractivity contribution is -0.150. The molecule has 0 amide bonds. The van der Waals surface area contributed by atoms with Crippen molar-refractivity contribution in [2.24, 2.45) is 23.0 Å². The summed E-state index contributed by atoms with van der Waals surface area (Å²) in [7, 11) is 0. The molecule has 0 radical (unpaired) electrons. The topological polar surface area (TPSA) is 52.3 Å². The summed E-state index contributed by atoms with van der Waals surface area (Å²) in [5.74, 6) is 0.379. The van der Waals surface area contributed by atoms with Crippen LogP contribution in [-0.4, -0.2) is 19.1 Å². The van der Waals surface area contributed by atoms with E-state index in [1.165, 1.54) is 0 Å². The zero-order valence-electron chi connectivity index (χ0n) is 10.8. The van der Waals surface area contributed by atoms with Gasteiger partial charge >= 0.3 is 5.97 Å². The molecule has 3 nitrogen and oxygen atoms in total. The molecule has 1 fully saturated rings. The van der Waals surface area contributed by atoms with Crippen LogP contribution in [-0.2, 0) is 9.53 Å². The summed E-state index contributed by atoms with van der Waals surface area (Å²) in [5.41, 5.74) is 5.88. The monoisotopic (exact) mass is 227 g/mol. The molecule has 2 unspecified atom stereocenters. The van der Waals surface area contributed by atoms with E-state index < -0.39 is 0 Å². The highest BCUT2D eigenvalue weighted by atomic mass is 16.5. The fourth-order valence-corrected chi connectivity index (χ4v) is 2.19. The van der Waals surface area contributed by atoms with Crippen LogP contribution >= 0.6 is 0 Å². The number of nitrogens with two attached hydrogens (primary N) is 1. The van der Waals surface area contributed by atoms with E-state index in [1.807, 2.05) is 0 Å². The number of carbonyl (C=O) groups is 1. The first-order valence-corrected chi connectivity index (χ1v) is 6.31. The second kappa shape index (κ2) is 5.67. The van der Waals surface area contributed by atoms with Crippen LogP contribution in [0.15, 0.2) is 0 Å². The van der Waals surface area contributed by atoms with Crippen LogP contribution in [0.5, 0.6) is 0 Å². The van der Waals surface area contributed by atoms with Crippen molar-refractivity contribution < 1.29 is 9.53 Å². The Morgan fingerprint density at radius 3 is 2.62 bits per heavy atom. The molecule has 1 aliphatic carbocycles. The lowest BCUT2D eigenvalue weighted by Crippen LogP contribution is -2.27. The van der Waals surface area contributed by atoms with Crippen molar-refractivity contribution in [1.29, 1.82) is 0 Å². The molecule has 1 rings (SSSR count). The minimum Gasteiger partial charge on any atom is -0.465 e. The van der Waals surface area contributed by atoms with E-state index in [9.17, 15) is 4.79 Å². The molecule has 0 saturated heterocycles. The molecule has 0 aromatic rings. The second-order valence-corrected chi connectivity index (χ2v) is 6.01. The Morgan fingerprint density at radius 1 is 1.38 bits per heavy atom. The van der Waals surface area contributed by atoms with E-state index in [4.69, 9.17) is 10.5 Å². The lowest BCUT2D eigenvalue weighted by Gasteiger charge is -2.20.